The van der Waals surface area contributed by atoms with Crippen LogP contribution in [0.4, 0.5) is 0 Å². The number of nitrogens with two attached hydrogens (primary N) is 1. The second-order valence-corrected chi connectivity index (χ2v) is 7.15. The molecule has 5 nitrogen and oxygen atoms in total. The predicted molar refractivity (Wildman–Crippen MR) is 73.4 cm³/mol. The Hall–Kier alpha value is -1.40. The number of hydrogen-bond donors (Lipinski definition) is 2. The molecule has 1 atom stereocenters. The number of carbonyl (C=O) groups excluding carboxylic acids is 1. The maximum absolute atomic E-state index is 11.3. The second kappa shape index (κ2) is 5.71. The standard InChI is InChI=1S/C13H18N2O3S/c14-13(16)12-4-2-1-3-11(12)8-15-7-10-5-6-19(17,18)9-10/h1-4,10,15H,5-9H2,(H2,14,16). The number of amides is 1. The van der Waals surface area contributed by atoms with Crippen LogP contribution >= 0.6 is 0 Å². The molecular formula is C13H18N2O3S. The fourth-order valence-electron chi connectivity index (χ4n) is 2.36. The van der Waals surface area contributed by atoms with E-state index in [1.807, 2.05) is 12.1 Å². The molecule has 2 rings (SSSR count). The zero-order valence-electron chi connectivity index (χ0n) is 10.6. The number of rotatable bonds is 5. The zero-order chi connectivity index (χ0) is 13.9. The van der Waals surface area contributed by atoms with E-state index in [2.05, 4.69) is 5.32 Å². The topological polar surface area (TPSA) is 89.3 Å². The number of sulfone groups is 1. The Bertz CT molecular complexity index is 569. The highest BCUT2D eigenvalue weighted by Crippen LogP contribution is 2.17. The normalized spacial score (nSPS) is 21.4. The van der Waals surface area contributed by atoms with E-state index >= 15 is 0 Å². The van der Waals surface area contributed by atoms with Crippen molar-refractivity contribution in [3.8, 4) is 0 Å². The van der Waals surface area contributed by atoms with Crippen LogP contribution in [-0.2, 0) is 16.4 Å². The molecule has 0 saturated carbocycles. The summed E-state index contributed by atoms with van der Waals surface area (Å²) in [4.78, 5) is 11.2. The molecule has 1 amide bonds. The first-order chi connectivity index (χ1) is 8.98. The van der Waals surface area contributed by atoms with Crippen LogP contribution in [0.1, 0.15) is 22.3 Å². The van der Waals surface area contributed by atoms with Gasteiger partial charge in [-0.1, -0.05) is 18.2 Å². The van der Waals surface area contributed by atoms with Crippen LogP contribution in [0.5, 0.6) is 0 Å². The summed E-state index contributed by atoms with van der Waals surface area (Å²) in [5.41, 5.74) is 6.65. The fourth-order valence-corrected chi connectivity index (χ4v) is 4.22. The highest BCUT2D eigenvalue weighted by molar-refractivity contribution is 7.91. The van der Waals surface area contributed by atoms with Crippen LogP contribution in [-0.4, -0.2) is 32.4 Å². The minimum atomic E-state index is -2.83. The minimum Gasteiger partial charge on any atom is -0.366 e. The molecule has 1 aromatic rings. The Labute approximate surface area is 113 Å². The van der Waals surface area contributed by atoms with E-state index in [1.54, 1.807) is 12.1 Å². The quantitative estimate of drug-likeness (QED) is 0.813. The van der Waals surface area contributed by atoms with Gasteiger partial charge in [-0.15, -0.1) is 0 Å². The van der Waals surface area contributed by atoms with Gasteiger partial charge in [-0.3, -0.25) is 4.79 Å². The molecule has 1 aromatic carbocycles. The van der Waals surface area contributed by atoms with Crippen LogP contribution < -0.4 is 11.1 Å². The molecule has 0 aromatic heterocycles. The Kier molecular flexibility index (Phi) is 4.21. The molecule has 19 heavy (non-hydrogen) atoms. The molecule has 6 heteroatoms. The monoisotopic (exact) mass is 282 g/mol. The van der Waals surface area contributed by atoms with E-state index < -0.39 is 15.7 Å². The van der Waals surface area contributed by atoms with Gasteiger partial charge in [-0.05, 0) is 30.5 Å². The molecule has 104 valence electrons. The van der Waals surface area contributed by atoms with Gasteiger partial charge in [0.05, 0.1) is 11.5 Å². The maximum Gasteiger partial charge on any atom is 0.249 e. The van der Waals surface area contributed by atoms with E-state index in [9.17, 15) is 13.2 Å². The van der Waals surface area contributed by atoms with Crippen molar-refractivity contribution < 1.29 is 13.2 Å². The predicted octanol–water partition coefficient (Wildman–Crippen LogP) is 0.310. The second-order valence-electron chi connectivity index (χ2n) is 4.92. The molecule has 0 spiro atoms. The molecule has 0 bridgehead atoms. The first-order valence-corrected chi connectivity index (χ1v) is 8.09. The van der Waals surface area contributed by atoms with Crippen molar-refractivity contribution in [2.75, 3.05) is 18.1 Å². The van der Waals surface area contributed by atoms with Crippen molar-refractivity contribution in [3.05, 3.63) is 35.4 Å². The van der Waals surface area contributed by atoms with Crippen molar-refractivity contribution in [3.63, 3.8) is 0 Å². The Morgan fingerprint density at radius 1 is 1.37 bits per heavy atom. The highest BCUT2D eigenvalue weighted by atomic mass is 32.2. The molecule has 1 aliphatic heterocycles. The molecule has 1 aliphatic rings. The van der Waals surface area contributed by atoms with Crippen molar-refractivity contribution in [1.82, 2.24) is 5.32 Å². The average Bonchev–Trinajstić information content (AvgIpc) is 2.69. The molecule has 1 saturated heterocycles. The third-order valence-corrected chi connectivity index (χ3v) is 5.20. The third kappa shape index (κ3) is 3.78. The molecule has 1 unspecified atom stereocenters. The molecule has 1 heterocycles. The Morgan fingerprint density at radius 3 is 2.74 bits per heavy atom. The third-order valence-electron chi connectivity index (χ3n) is 3.36. The van der Waals surface area contributed by atoms with Gasteiger partial charge in [0, 0.05) is 12.1 Å². The van der Waals surface area contributed by atoms with Gasteiger partial charge in [0.15, 0.2) is 9.84 Å². The lowest BCUT2D eigenvalue weighted by atomic mass is 10.1. The van der Waals surface area contributed by atoms with Crippen molar-refractivity contribution in [2.24, 2.45) is 11.7 Å². The van der Waals surface area contributed by atoms with Gasteiger partial charge in [0.2, 0.25) is 5.91 Å². The van der Waals surface area contributed by atoms with Crippen LogP contribution in [0.3, 0.4) is 0 Å². The Morgan fingerprint density at radius 2 is 2.11 bits per heavy atom. The first kappa shape index (κ1) is 14.0. The van der Waals surface area contributed by atoms with E-state index in [-0.39, 0.29) is 17.4 Å². The SMILES string of the molecule is NC(=O)c1ccccc1CNCC1CCS(=O)(=O)C1. The van der Waals surface area contributed by atoms with Crippen LogP contribution in [0.25, 0.3) is 0 Å². The number of benzene rings is 1. The van der Waals surface area contributed by atoms with E-state index in [0.29, 0.717) is 25.1 Å². The summed E-state index contributed by atoms with van der Waals surface area (Å²) in [6.45, 7) is 1.17. The van der Waals surface area contributed by atoms with Crippen molar-refractivity contribution >= 4 is 15.7 Å². The highest BCUT2D eigenvalue weighted by Gasteiger charge is 2.27. The number of hydrogen-bond acceptors (Lipinski definition) is 4. The van der Waals surface area contributed by atoms with E-state index in [4.69, 9.17) is 5.73 Å². The van der Waals surface area contributed by atoms with Crippen molar-refractivity contribution in [1.29, 1.82) is 0 Å². The number of carbonyl (C=O) groups is 1. The largest absolute Gasteiger partial charge is 0.366 e. The summed E-state index contributed by atoms with van der Waals surface area (Å²) in [5, 5.41) is 3.20. The average molecular weight is 282 g/mol. The van der Waals surface area contributed by atoms with Gasteiger partial charge in [-0.2, -0.15) is 0 Å². The van der Waals surface area contributed by atoms with Crippen LogP contribution in [0.15, 0.2) is 24.3 Å². The minimum absolute atomic E-state index is 0.172. The summed E-state index contributed by atoms with van der Waals surface area (Å²) in [5.74, 6) is 0.279. The lowest BCUT2D eigenvalue weighted by molar-refractivity contribution is 0.0999. The molecule has 1 fully saturated rings. The zero-order valence-corrected chi connectivity index (χ0v) is 11.4. The van der Waals surface area contributed by atoms with Gasteiger partial charge in [-0.25, -0.2) is 8.42 Å². The molecule has 0 radical (unpaired) electrons. The van der Waals surface area contributed by atoms with Gasteiger partial charge < -0.3 is 11.1 Å². The fraction of sp³-hybridized carbons (Fsp3) is 0.462. The van der Waals surface area contributed by atoms with Gasteiger partial charge in [0.1, 0.15) is 0 Å². The van der Waals surface area contributed by atoms with Crippen LogP contribution in [0.2, 0.25) is 0 Å². The first-order valence-electron chi connectivity index (χ1n) is 6.27. The lowest BCUT2D eigenvalue weighted by Gasteiger charge is -2.11. The molecule has 0 aliphatic carbocycles. The van der Waals surface area contributed by atoms with Crippen molar-refractivity contribution in [2.45, 2.75) is 13.0 Å². The number of nitrogens with one attached hydrogen (secondary N) is 1. The van der Waals surface area contributed by atoms with Crippen LogP contribution in [0, 0.1) is 5.92 Å². The number of primary amides is 1. The molecular weight excluding hydrogens is 264 g/mol. The summed E-state index contributed by atoms with van der Waals surface area (Å²) in [6, 6.07) is 7.16. The summed E-state index contributed by atoms with van der Waals surface area (Å²) < 4.78 is 22.7. The Balaban J connectivity index is 1.88. The van der Waals surface area contributed by atoms with Gasteiger partial charge >= 0.3 is 0 Å². The maximum atomic E-state index is 11.3. The smallest absolute Gasteiger partial charge is 0.249 e. The summed E-state index contributed by atoms with van der Waals surface area (Å²) >= 11 is 0. The van der Waals surface area contributed by atoms with E-state index in [0.717, 1.165) is 5.56 Å². The van der Waals surface area contributed by atoms with E-state index in [1.165, 1.54) is 0 Å². The molecule has 3 N–H and O–H groups in total. The lowest BCUT2D eigenvalue weighted by Crippen LogP contribution is -2.25. The van der Waals surface area contributed by atoms with Gasteiger partial charge in [0.25, 0.3) is 0 Å². The summed E-state index contributed by atoms with van der Waals surface area (Å²) in [7, 11) is -2.83. The summed E-state index contributed by atoms with van der Waals surface area (Å²) in [6.07, 6.45) is 0.715.